The average Bonchev–Trinajstić information content (AvgIpc) is 2.16. The van der Waals surface area contributed by atoms with Crippen LogP contribution in [0.3, 0.4) is 0 Å². The summed E-state index contributed by atoms with van der Waals surface area (Å²) in [6.07, 6.45) is 2.11. The quantitative estimate of drug-likeness (QED) is 0.589. The predicted octanol–water partition coefficient (Wildman–Crippen LogP) is 0.782. The molecule has 0 bridgehead atoms. The van der Waals surface area contributed by atoms with E-state index in [-0.39, 0.29) is 5.91 Å². The van der Waals surface area contributed by atoms with E-state index in [0.717, 1.165) is 6.42 Å². The van der Waals surface area contributed by atoms with Crippen LogP contribution < -0.4 is 5.32 Å². The van der Waals surface area contributed by atoms with E-state index >= 15 is 0 Å². The van der Waals surface area contributed by atoms with Gasteiger partial charge in [-0.15, -0.1) is 0 Å². The number of carbonyl (C=O) groups is 2. The smallest absolute Gasteiger partial charge is 0.326 e. The molecule has 0 heterocycles. The molecule has 0 aromatic carbocycles. The minimum absolute atomic E-state index is 0.206. The molecule has 0 aliphatic rings. The second-order valence-corrected chi connectivity index (χ2v) is 3.34. The molecule has 5 nitrogen and oxygen atoms in total. The SMILES string of the molecule is CCCC(=O)NC(CCCOC)C(=O)O. The lowest BCUT2D eigenvalue weighted by Gasteiger charge is -2.13. The lowest BCUT2D eigenvalue weighted by molar-refractivity contribution is -0.142. The number of carboxylic acids is 1. The van der Waals surface area contributed by atoms with Crippen LogP contribution in [-0.4, -0.2) is 36.7 Å². The van der Waals surface area contributed by atoms with Gasteiger partial charge in [-0.3, -0.25) is 4.79 Å². The molecule has 0 aromatic heterocycles. The van der Waals surface area contributed by atoms with Gasteiger partial charge < -0.3 is 15.2 Å². The molecule has 0 saturated heterocycles. The molecule has 0 aromatic rings. The first kappa shape index (κ1) is 13.9. The number of aliphatic carboxylic acids is 1. The zero-order chi connectivity index (χ0) is 11.7. The zero-order valence-corrected chi connectivity index (χ0v) is 9.28. The first-order valence-electron chi connectivity index (χ1n) is 5.13. The maximum atomic E-state index is 11.2. The van der Waals surface area contributed by atoms with Crippen molar-refractivity contribution in [3.8, 4) is 0 Å². The summed E-state index contributed by atoms with van der Waals surface area (Å²) in [6, 6.07) is -0.792. The Kier molecular flexibility index (Phi) is 7.62. The van der Waals surface area contributed by atoms with Gasteiger partial charge in [0.1, 0.15) is 6.04 Å². The molecular weight excluding hydrogens is 198 g/mol. The number of nitrogens with one attached hydrogen (secondary N) is 1. The highest BCUT2D eigenvalue weighted by Gasteiger charge is 2.18. The highest BCUT2D eigenvalue weighted by molar-refractivity contribution is 5.83. The topological polar surface area (TPSA) is 75.6 Å². The number of ether oxygens (including phenoxy) is 1. The molecule has 0 aliphatic heterocycles. The van der Waals surface area contributed by atoms with E-state index in [9.17, 15) is 9.59 Å². The monoisotopic (exact) mass is 217 g/mol. The fraction of sp³-hybridized carbons (Fsp3) is 0.800. The zero-order valence-electron chi connectivity index (χ0n) is 9.28. The highest BCUT2D eigenvalue weighted by Crippen LogP contribution is 1.99. The fourth-order valence-electron chi connectivity index (χ4n) is 1.18. The Morgan fingerprint density at radius 2 is 2.13 bits per heavy atom. The third-order valence-electron chi connectivity index (χ3n) is 1.95. The number of hydrogen-bond donors (Lipinski definition) is 2. The van der Waals surface area contributed by atoms with Crippen molar-refractivity contribution >= 4 is 11.9 Å². The van der Waals surface area contributed by atoms with Crippen LogP contribution in [0.4, 0.5) is 0 Å². The number of methoxy groups -OCH3 is 1. The molecule has 0 aliphatic carbocycles. The van der Waals surface area contributed by atoms with Gasteiger partial charge in [-0.05, 0) is 19.3 Å². The van der Waals surface area contributed by atoms with Gasteiger partial charge in [-0.2, -0.15) is 0 Å². The van der Waals surface area contributed by atoms with E-state index in [1.54, 1.807) is 7.11 Å². The standard InChI is InChI=1S/C10H19NO4/c1-3-5-9(12)11-8(10(13)14)6-4-7-15-2/h8H,3-7H2,1-2H3,(H,11,12)(H,13,14). The van der Waals surface area contributed by atoms with Crippen LogP contribution in [0.25, 0.3) is 0 Å². The van der Waals surface area contributed by atoms with E-state index in [0.29, 0.717) is 25.9 Å². The fourth-order valence-corrected chi connectivity index (χ4v) is 1.18. The molecular formula is C10H19NO4. The summed E-state index contributed by atoms with van der Waals surface area (Å²) >= 11 is 0. The first-order chi connectivity index (χ1) is 7.11. The van der Waals surface area contributed by atoms with E-state index in [4.69, 9.17) is 9.84 Å². The normalized spacial score (nSPS) is 12.1. The highest BCUT2D eigenvalue weighted by atomic mass is 16.5. The van der Waals surface area contributed by atoms with Crippen molar-refractivity contribution in [3.05, 3.63) is 0 Å². The largest absolute Gasteiger partial charge is 0.480 e. The third kappa shape index (κ3) is 6.90. The Morgan fingerprint density at radius 1 is 1.47 bits per heavy atom. The van der Waals surface area contributed by atoms with Crippen molar-refractivity contribution in [2.24, 2.45) is 0 Å². The van der Waals surface area contributed by atoms with Crippen molar-refractivity contribution in [2.75, 3.05) is 13.7 Å². The number of carboxylic acid groups (broad SMARTS) is 1. The predicted molar refractivity (Wildman–Crippen MR) is 55.6 cm³/mol. The van der Waals surface area contributed by atoms with Crippen molar-refractivity contribution < 1.29 is 19.4 Å². The first-order valence-corrected chi connectivity index (χ1v) is 5.13. The van der Waals surface area contributed by atoms with Gasteiger partial charge in [0.2, 0.25) is 5.91 Å². The van der Waals surface area contributed by atoms with E-state index in [1.807, 2.05) is 6.92 Å². The summed E-state index contributed by atoms with van der Waals surface area (Å²) in [6.45, 7) is 2.38. The molecule has 15 heavy (non-hydrogen) atoms. The molecule has 0 rings (SSSR count). The molecule has 0 radical (unpaired) electrons. The minimum Gasteiger partial charge on any atom is -0.480 e. The van der Waals surface area contributed by atoms with Gasteiger partial charge in [0.15, 0.2) is 0 Å². The van der Waals surface area contributed by atoms with Crippen molar-refractivity contribution in [2.45, 2.75) is 38.6 Å². The summed E-state index contributed by atoms with van der Waals surface area (Å²) in [5.74, 6) is -1.20. The molecule has 1 unspecified atom stereocenters. The molecule has 1 atom stereocenters. The van der Waals surface area contributed by atoms with Crippen LogP contribution in [0.5, 0.6) is 0 Å². The summed E-state index contributed by atoms with van der Waals surface area (Å²) in [4.78, 5) is 22.0. The Morgan fingerprint density at radius 3 is 2.60 bits per heavy atom. The number of hydrogen-bond acceptors (Lipinski definition) is 3. The number of rotatable bonds is 8. The van der Waals surface area contributed by atoms with Crippen LogP contribution in [0, 0.1) is 0 Å². The van der Waals surface area contributed by atoms with E-state index < -0.39 is 12.0 Å². The van der Waals surface area contributed by atoms with Crippen LogP contribution in [0.15, 0.2) is 0 Å². The Hall–Kier alpha value is -1.10. The van der Waals surface area contributed by atoms with Gasteiger partial charge in [-0.25, -0.2) is 4.79 Å². The van der Waals surface area contributed by atoms with Crippen molar-refractivity contribution in [1.29, 1.82) is 0 Å². The third-order valence-corrected chi connectivity index (χ3v) is 1.95. The van der Waals surface area contributed by atoms with Gasteiger partial charge >= 0.3 is 5.97 Å². The van der Waals surface area contributed by atoms with Gasteiger partial charge in [0.25, 0.3) is 0 Å². The Bertz CT molecular complexity index is 206. The van der Waals surface area contributed by atoms with Gasteiger partial charge in [0.05, 0.1) is 0 Å². The number of amides is 1. The van der Waals surface area contributed by atoms with Crippen LogP contribution in [0.1, 0.15) is 32.6 Å². The molecule has 5 heteroatoms. The van der Waals surface area contributed by atoms with Crippen molar-refractivity contribution in [3.63, 3.8) is 0 Å². The summed E-state index contributed by atoms with van der Waals surface area (Å²) < 4.78 is 4.82. The molecule has 0 spiro atoms. The molecule has 1 amide bonds. The summed E-state index contributed by atoms with van der Waals surface area (Å²) in [5, 5.41) is 11.3. The molecule has 88 valence electrons. The maximum absolute atomic E-state index is 11.2. The lowest BCUT2D eigenvalue weighted by Crippen LogP contribution is -2.40. The van der Waals surface area contributed by atoms with Gasteiger partial charge in [0, 0.05) is 20.1 Å². The van der Waals surface area contributed by atoms with Crippen LogP contribution >= 0.6 is 0 Å². The van der Waals surface area contributed by atoms with Crippen LogP contribution in [-0.2, 0) is 14.3 Å². The second kappa shape index (κ2) is 8.23. The second-order valence-electron chi connectivity index (χ2n) is 3.34. The van der Waals surface area contributed by atoms with Crippen LogP contribution in [0.2, 0.25) is 0 Å². The Balaban J connectivity index is 3.93. The summed E-state index contributed by atoms with van der Waals surface area (Å²) in [7, 11) is 1.56. The maximum Gasteiger partial charge on any atom is 0.326 e. The van der Waals surface area contributed by atoms with E-state index in [1.165, 1.54) is 0 Å². The minimum atomic E-state index is -0.990. The number of carbonyl (C=O) groups excluding carboxylic acids is 1. The molecule has 0 fully saturated rings. The Labute approximate surface area is 89.8 Å². The molecule has 2 N–H and O–H groups in total. The lowest BCUT2D eigenvalue weighted by atomic mass is 10.1. The van der Waals surface area contributed by atoms with E-state index in [2.05, 4.69) is 5.32 Å². The average molecular weight is 217 g/mol. The van der Waals surface area contributed by atoms with Crippen molar-refractivity contribution in [1.82, 2.24) is 5.32 Å². The molecule has 0 saturated carbocycles. The van der Waals surface area contributed by atoms with Gasteiger partial charge in [-0.1, -0.05) is 6.92 Å². The summed E-state index contributed by atoms with van der Waals surface area (Å²) in [5.41, 5.74) is 0.